The van der Waals surface area contributed by atoms with Crippen LogP contribution in [0.1, 0.15) is 38.4 Å². The Kier molecular flexibility index (Phi) is 2.28. The van der Waals surface area contributed by atoms with Crippen molar-refractivity contribution in [3.8, 4) is 0 Å². The van der Waals surface area contributed by atoms with Crippen molar-refractivity contribution < 1.29 is 9.32 Å². The SMILES string of the molecule is CC(C)C1N=CN(c2cc(C3CC3)on2)C1=O. The lowest BCUT2D eigenvalue weighted by molar-refractivity contribution is -0.119. The number of hydrogen-bond acceptors (Lipinski definition) is 4. The molecule has 90 valence electrons. The monoisotopic (exact) mass is 233 g/mol. The van der Waals surface area contributed by atoms with Crippen molar-refractivity contribution in [2.75, 3.05) is 4.90 Å². The summed E-state index contributed by atoms with van der Waals surface area (Å²) in [6.45, 7) is 3.98. The van der Waals surface area contributed by atoms with Crippen LogP contribution >= 0.6 is 0 Å². The molecule has 1 unspecified atom stereocenters. The van der Waals surface area contributed by atoms with Gasteiger partial charge in [-0.2, -0.15) is 0 Å². The molecule has 1 aromatic heterocycles. The van der Waals surface area contributed by atoms with Crippen molar-refractivity contribution >= 4 is 18.1 Å². The maximum absolute atomic E-state index is 12.1. The Bertz CT molecular complexity index is 474. The summed E-state index contributed by atoms with van der Waals surface area (Å²) in [4.78, 5) is 17.8. The van der Waals surface area contributed by atoms with Crippen molar-refractivity contribution in [2.45, 2.75) is 38.6 Å². The molecule has 17 heavy (non-hydrogen) atoms. The minimum absolute atomic E-state index is 0.0179. The molecule has 1 aliphatic carbocycles. The topological polar surface area (TPSA) is 58.7 Å². The molecule has 5 heteroatoms. The normalized spacial score (nSPS) is 24.1. The average Bonchev–Trinajstić information content (AvgIpc) is 2.89. The van der Waals surface area contributed by atoms with Gasteiger partial charge in [0.05, 0.1) is 6.34 Å². The Morgan fingerprint density at radius 2 is 2.24 bits per heavy atom. The third kappa shape index (κ3) is 1.75. The summed E-state index contributed by atoms with van der Waals surface area (Å²) in [6, 6.07) is 1.57. The molecular weight excluding hydrogens is 218 g/mol. The Morgan fingerprint density at radius 3 is 2.82 bits per heavy atom. The number of aliphatic imine (C=N–C) groups is 1. The fraction of sp³-hybridized carbons (Fsp3) is 0.583. The maximum atomic E-state index is 12.1. The first-order chi connectivity index (χ1) is 8.16. The van der Waals surface area contributed by atoms with Crippen LogP contribution in [0.2, 0.25) is 0 Å². The molecule has 0 radical (unpaired) electrons. The van der Waals surface area contributed by atoms with Crippen molar-refractivity contribution in [3.05, 3.63) is 11.8 Å². The predicted molar refractivity (Wildman–Crippen MR) is 63.1 cm³/mol. The highest BCUT2D eigenvalue weighted by molar-refractivity contribution is 6.14. The quantitative estimate of drug-likeness (QED) is 0.801. The lowest BCUT2D eigenvalue weighted by Gasteiger charge is -2.12. The van der Waals surface area contributed by atoms with E-state index in [-0.39, 0.29) is 17.9 Å². The largest absolute Gasteiger partial charge is 0.359 e. The van der Waals surface area contributed by atoms with Gasteiger partial charge in [-0.1, -0.05) is 19.0 Å². The summed E-state index contributed by atoms with van der Waals surface area (Å²) < 4.78 is 5.24. The van der Waals surface area contributed by atoms with Crippen molar-refractivity contribution in [1.82, 2.24) is 5.16 Å². The highest BCUT2D eigenvalue weighted by Crippen LogP contribution is 2.41. The van der Waals surface area contributed by atoms with Gasteiger partial charge in [-0.05, 0) is 18.8 Å². The standard InChI is InChI=1S/C12H15N3O2/c1-7(2)11-12(16)15(6-13-11)10-5-9(17-14-10)8-3-4-8/h5-8,11H,3-4H2,1-2H3. The van der Waals surface area contributed by atoms with Crippen LogP contribution in [-0.2, 0) is 4.79 Å². The third-order valence-electron chi connectivity index (χ3n) is 3.21. The molecule has 0 saturated heterocycles. The van der Waals surface area contributed by atoms with Gasteiger partial charge in [0.25, 0.3) is 5.91 Å². The molecule has 1 amide bonds. The van der Waals surface area contributed by atoms with Crippen LogP contribution in [0.3, 0.4) is 0 Å². The summed E-state index contributed by atoms with van der Waals surface area (Å²) in [6.07, 6.45) is 3.87. The number of hydrogen-bond donors (Lipinski definition) is 0. The number of carbonyl (C=O) groups is 1. The van der Waals surface area contributed by atoms with Crippen LogP contribution in [0.15, 0.2) is 15.6 Å². The minimum atomic E-state index is -0.281. The maximum Gasteiger partial charge on any atom is 0.258 e. The molecule has 1 atom stereocenters. The van der Waals surface area contributed by atoms with Crippen LogP contribution in [-0.4, -0.2) is 23.4 Å². The van der Waals surface area contributed by atoms with Crippen LogP contribution in [0, 0.1) is 5.92 Å². The predicted octanol–water partition coefficient (Wildman–Crippen LogP) is 1.95. The molecular formula is C12H15N3O2. The summed E-state index contributed by atoms with van der Waals surface area (Å²) in [5.74, 6) is 2.14. The molecule has 0 spiro atoms. The highest BCUT2D eigenvalue weighted by atomic mass is 16.5. The van der Waals surface area contributed by atoms with E-state index in [2.05, 4.69) is 10.1 Å². The molecule has 0 aromatic carbocycles. The van der Waals surface area contributed by atoms with Crippen molar-refractivity contribution in [3.63, 3.8) is 0 Å². The zero-order chi connectivity index (χ0) is 12.0. The fourth-order valence-corrected chi connectivity index (χ4v) is 1.98. The Labute approximate surface area is 99.5 Å². The van der Waals surface area contributed by atoms with E-state index in [9.17, 15) is 4.79 Å². The first-order valence-corrected chi connectivity index (χ1v) is 6.00. The second-order valence-electron chi connectivity index (χ2n) is 5.02. The van der Waals surface area contributed by atoms with Gasteiger partial charge in [-0.3, -0.25) is 14.7 Å². The first-order valence-electron chi connectivity index (χ1n) is 6.00. The van der Waals surface area contributed by atoms with Gasteiger partial charge in [0.2, 0.25) is 0 Å². The van der Waals surface area contributed by atoms with Crippen LogP contribution < -0.4 is 4.90 Å². The summed E-state index contributed by atoms with van der Waals surface area (Å²) in [5.41, 5.74) is 0. The second-order valence-corrected chi connectivity index (χ2v) is 5.02. The van der Waals surface area contributed by atoms with E-state index in [1.54, 1.807) is 6.34 Å². The van der Waals surface area contributed by atoms with Crippen molar-refractivity contribution in [2.24, 2.45) is 10.9 Å². The Morgan fingerprint density at radius 1 is 1.47 bits per heavy atom. The fourth-order valence-electron chi connectivity index (χ4n) is 1.98. The first kappa shape index (κ1) is 10.5. The van der Waals surface area contributed by atoms with E-state index in [0.29, 0.717) is 11.7 Å². The van der Waals surface area contributed by atoms with E-state index in [0.717, 1.165) is 18.6 Å². The van der Waals surface area contributed by atoms with E-state index < -0.39 is 0 Å². The number of amides is 1. The van der Waals surface area contributed by atoms with Crippen molar-refractivity contribution in [1.29, 1.82) is 0 Å². The highest BCUT2D eigenvalue weighted by Gasteiger charge is 2.34. The van der Waals surface area contributed by atoms with Gasteiger partial charge in [-0.25, -0.2) is 0 Å². The number of aromatic nitrogens is 1. The smallest absolute Gasteiger partial charge is 0.258 e. The molecule has 1 aliphatic heterocycles. The molecule has 0 N–H and O–H groups in total. The number of carbonyl (C=O) groups excluding carboxylic acids is 1. The zero-order valence-corrected chi connectivity index (χ0v) is 9.96. The van der Waals surface area contributed by atoms with Crippen LogP contribution in [0.4, 0.5) is 5.82 Å². The lowest BCUT2D eigenvalue weighted by atomic mass is 10.1. The van der Waals surface area contributed by atoms with Gasteiger partial charge >= 0.3 is 0 Å². The third-order valence-corrected chi connectivity index (χ3v) is 3.21. The summed E-state index contributed by atoms with van der Waals surface area (Å²) in [5, 5.41) is 3.94. The van der Waals surface area contributed by atoms with Crippen LogP contribution in [0.25, 0.3) is 0 Å². The molecule has 3 rings (SSSR count). The molecule has 2 aliphatic rings. The van der Waals surface area contributed by atoms with Gasteiger partial charge in [0.1, 0.15) is 11.8 Å². The second kappa shape index (κ2) is 3.68. The molecule has 2 heterocycles. The number of rotatable bonds is 3. The van der Waals surface area contributed by atoms with Gasteiger partial charge in [0.15, 0.2) is 5.82 Å². The molecule has 0 bridgehead atoms. The average molecular weight is 233 g/mol. The Balaban J connectivity index is 1.80. The molecule has 1 fully saturated rings. The van der Waals surface area contributed by atoms with E-state index in [1.165, 1.54) is 4.90 Å². The van der Waals surface area contributed by atoms with Gasteiger partial charge in [-0.15, -0.1) is 0 Å². The van der Waals surface area contributed by atoms with Crippen LogP contribution in [0.5, 0.6) is 0 Å². The zero-order valence-electron chi connectivity index (χ0n) is 9.96. The number of nitrogens with zero attached hydrogens (tertiary/aromatic N) is 3. The minimum Gasteiger partial charge on any atom is -0.359 e. The number of anilines is 1. The van der Waals surface area contributed by atoms with E-state index in [4.69, 9.17) is 4.52 Å². The molecule has 5 nitrogen and oxygen atoms in total. The Hall–Kier alpha value is -1.65. The molecule has 1 aromatic rings. The lowest BCUT2D eigenvalue weighted by Crippen LogP contribution is -2.33. The molecule has 1 saturated carbocycles. The summed E-state index contributed by atoms with van der Waals surface area (Å²) >= 11 is 0. The van der Waals surface area contributed by atoms with Gasteiger partial charge < -0.3 is 4.52 Å². The van der Waals surface area contributed by atoms with E-state index in [1.807, 2.05) is 19.9 Å². The van der Waals surface area contributed by atoms with E-state index >= 15 is 0 Å². The van der Waals surface area contributed by atoms with Gasteiger partial charge in [0, 0.05) is 12.0 Å². The summed E-state index contributed by atoms with van der Waals surface area (Å²) in [7, 11) is 0.